The van der Waals surface area contributed by atoms with Gasteiger partial charge in [-0.05, 0) is 128 Å². The molecule has 382 valence electrons. The first-order valence-corrected chi connectivity index (χ1v) is 27.4. The quantitative estimate of drug-likeness (QED) is 0.0346. The van der Waals surface area contributed by atoms with E-state index in [-0.39, 0.29) is 31.6 Å². The van der Waals surface area contributed by atoms with Crippen LogP contribution in [0.5, 0.6) is 0 Å². The molecule has 0 radical (unpaired) electrons. The van der Waals surface area contributed by atoms with E-state index in [9.17, 15) is 9.59 Å². The molecule has 0 aromatic rings. The fourth-order valence-corrected chi connectivity index (χ4v) is 6.85. The number of unbranched alkanes of at least 4 members (excludes halogenated alkanes) is 13. The van der Waals surface area contributed by atoms with E-state index in [1.54, 1.807) is 0 Å². The van der Waals surface area contributed by atoms with E-state index >= 15 is 0 Å². The number of esters is 2. The van der Waals surface area contributed by atoms with Crippen molar-refractivity contribution in [3.05, 3.63) is 146 Å². The van der Waals surface area contributed by atoms with Crippen LogP contribution >= 0.6 is 0 Å². The van der Waals surface area contributed by atoms with Crippen molar-refractivity contribution < 1.29 is 23.8 Å². The summed E-state index contributed by atoms with van der Waals surface area (Å²) in [6.45, 7) is 7.42. The Kier molecular flexibility index (Phi) is 53.6. The summed E-state index contributed by atoms with van der Waals surface area (Å²) in [5.74, 6) is -0.530. The van der Waals surface area contributed by atoms with Crippen LogP contribution in [-0.2, 0) is 23.8 Å². The number of ether oxygens (including phenoxy) is 3. The molecule has 0 heterocycles. The first-order valence-electron chi connectivity index (χ1n) is 27.4. The van der Waals surface area contributed by atoms with Gasteiger partial charge in [-0.15, -0.1) is 0 Å². The summed E-state index contributed by atoms with van der Waals surface area (Å²) in [6.07, 6.45) is 83.0. The fourth-order valence-electron chi connectivity index (χ4n) is 6.85. The maximum Gasteiger partial charge on any atom is 0.306 e. The largest absolute Gasteiger partial charge is 0.462 e. The number of hydrogen-bond donors (Lipinski definition) is 0. The third kappa shape index (κ3) is 54.4. The van der Waals surface area contributed by atoms with Gasteiger partial charge in [0.1, 0.15) is 6.61 Å². The lowest BCUT2D eigenvalue weighted by Gasteiger charge is -2.18. The third-order valence-electron chi connectivity index (χ3n) is 10.9. The molecule has 5 nitrogen and oxygen atoms in total. The minimum absolute atomic E-state index is 0.0215. The zero-order valence-corrected chi connectivity index (χ0v) is 43.8. The van der Waals surface area contributed by atoms with Crippen molar-refractivity contribution in [2.24, 2.45) is 0 Å². The van der Waals surface area contributed by atoms with Crippen LogP contribution in [0.25, 0.3) is 0 Å². The minimum Gasteiger partial charge on any atom is -0.462 e. The van der Waals surface area contributed by atoms with Crippen LogP contribution in [0.3, 0.4) is 0 Å². The topological polar surface area (TPSA) is 61.8 Å². The maximum atomic E-state index is 12.8. The van der Waals surface area contributed by atoms with Gasteiger partial charge in [0.2, 0.25) is 0 Å². The Bertz CT molecular complexity index is 1480. The molecule has 0 bridgehead atoms. The predicted octanol–water partition coefficient (Wildman–Crippen LogP) is 18.9. The van der Waals surface area contributed by atoms with Crippen molar-refractivity contribution in [3.8, 4) is 0 Å². The van der Waals surface area contributed by atoms with Crippen LogP contribution in [0.1, 0.15) is 213 Å². The van der Waals surface area contributed by atoms with Gasteiger partial charge >= 0.3 is 11.9 Å². The van der Waals surface area contributed by atoms with Gasteiger partial charge in [0.05, 0.1) is 6.61 Å². The monoisotopic (exact) mass is 937 g/mol. The van der Waals surface area contributed by atoms with Crippen molar-refractivity contribution in [1.82, 2.24) is 0 Å². The molecule has 0 fully saturated rings. The summed E-state index contributed by atoms with van der Waals surface area (Å²) in [5, 5.41) is 0. The van der Waals surface area contributed by atoms with Crippen LogP contribution in [0, 0.1) is 0 Å². The lowest BCUT2D eigenvalue weighted by Crippen LogP contribution is -2.30. The Morgan fingerprint density at radius 1 is 0.338 bits per heavy atom. The summed E-state index contributed by atoms with van der Waals surface area (Å²) in [4.78, 5) is 25.4. The van der Waals surface area contributed by atoms with Crippen LogP contribution < -0.4 is 0 Å². The zero-order chi connectivity index (χ0) is 49.2. The average molecular weight is 937 g/mol. The first kappa shape index (κ1) is 63.8. The van der Waals surface area contributed by atoms with E-state index in [1.807, 2.05) is 6.08 Å². The lowest BCUT2D eigenvalue weighted by atomic mass is 10.1. The lowest BCUT2D eigenvalue weighted by molar-refractivity contribution is -0.162. The molecule has 5 heteroatoms. The highest BCUT2D eigenvalue weighted by molar-refractivity contribution is 5.70. The smallest absolute Gasteiger partial charge is 0.306 e. The highest BCUT2D eigenvalue weighted by Crippen LogP contribution is 2.12. The van der Waals surface area contributed by atoms with Crippen molar-refractivity contribution >= 4 is 11.9 Å². The van der Waals surface area contributed by atoms with Crippen LogP contribution in [0.15, 0.2) is 146 Å². The van der Waals surface area contributed by atoms with E-state index in [0.29, 0.717) is 19.4 Å². The second-order valence-electron chi connectivity index (χ2n) is 17.4. The van der Waals surface area contributed by atoms with E-state index in [2.05, 4.69) is 161 Å². The molecule has 1 unspecified atom stereocenters. The SMILES string of the molecule is CC/C=C\C/C=C\C/C=C\C/C=C\C/C=C\C/C=C\CCC(=O)OCC(COCCCCCC/C=C\C/C=C\C/C=C\C/C=C\C/C=C\CC)OC(=O)CCCCCCC/C=C\CCCCCC. The van der Waals surface area contributed by atoms with Crippen molar-refractivity contribution in [2.45, 2.75) is 219 Å². The van der Waals surface area contributed by atoms with Gasteiger partial charge < -0.3 is 14.2 Å². The molecule has 0 aliphatic carbocycles. The summed E-state index contributed by atoms with van der Waals surface area (Å²) >= 11 is 0. The number of hydrogen-bond acceptors (Lipinski definition) is 5. The van der Waals surface area contributed by atoms with Crippen LogP contribution in [0.4, 0.5) is 0 Å². The summed E-state index contributed by atoms with van der Waals surface area (Å²) in [7, 11) is 0. The second-order valence-corrected chi connectivity index (χ2v) is 17.4. The highest BCUT2D eigenvalue weighted by Gasteiger charge is 2.17. The number of carbonyl (C=O) groups is 2. The molecule has 0 aliphatic rings. The molecular weight excluding hydrogens is 837 g/mol. The van der Waals surface area contributed by atoms with Gasteiger partial charge in [0.15, 0.2) is 6.10 Å². The molecular formula is C63H100O5. The van der Waals surface area contributed by atoms with Gasteiger partial charge in [-0.2, -0.15) is 0 Å². The predicted molar refractivity (Wildman–Crippen MR) is 297 cm³/mol. The first-order chi connectivity index (χ1) is 33.6. The fraction of sp³-hybridized carbons (Fsp3) is 0.587. The molecule has 0 saturated heterocycles. The van der Waals surface area contributed by atoms with Crippen molar-refractivity contribution in [3.63, 3.8) is 0 Å². The summed E-state index contributed by atoms with van der Waals surface area (Å²) in [5.41, 5.74) is 0. The molecule has 0 saturated carbocycles. The van der Waals surface area contributed by atoms with E-state index in [4.69, 9.17) is 14.2 Å². The van der Waals surface area contributed by atoms with Crippen LogP contribution in [0.2, 0.25) is 0 Å². The Balaban J connectivity index is 4.47. The van der Waals surface area contributed by atoms with E-state index in [1.165, 1.54) is 44.9 Å². The van der Waals surface area contributed by atoms with E-state index < -0.39 is 6.10 Å². The second kappa shape index (κ2) is 57.1. The Hall–Kier alpha value is -4.22. The normalized spacial score (nSPS) is 13.4. The number of rotatable bonds is 48. The summed E-state index contributed by atoms with van der Waals surface area (Å²) < 4.78 is 17.3. The molecule has 0 aromatic carbocycles. The molecule has 68 heavy (non-hydrogen) atoms. The Labute approximate surface area is 419 Å². The zero-order valence-electron chi connectivity index (χ0n) is 43.8. The number of carbonyl (C=O) groups excluding carboxylic acids is 2. The Morgan fingerprint density at radius 3 is 1.13 bits per heavy atom. The molecule has 0 aromatic heterocycles. The van der Waals surface area contributed by atoms with Gasteiger partial charge in [0.25, 0.3) is 0 Å². The van der Waals surface area contributed by atoms with Gasteiger partial charge in [-0.3, -0.25) is 9.59 Å². The maximum absolute atomic E-state index is 12.8. The van der Waals surface area contributed by atoms with Crippen molar-refractivity contribution in [2.75, 3.05) is 19.8 Å². The molecule has 0 amide bonds. The Morgan fingerprint density at radius 2 is 0.691 bits per heavy atom. The molecule has 1 atom stereocenters. The summed E-state index contributed by atoms with van der Waals surface area (Å²) in [6, 6.07) is 0. The average Bonchev–Trinajstić information content (AvgIpc) is 3.34. The van der Waals surface area contributed by atoms with Crippen LogP contribution in [-0.4, -0.2) is 37.9 Å². The van der Waals surface area contributed by atoms with Crippen molar-refractivity contribution in [1.29, 1.82) is 0 Å². The molecule has 0 rings (SSSR count). The number of allylic oxidation sites excluding steroid dienone is 24. The van der Waals surface area contributed by atoms with Gasteiger partial charge in [-0.25, -0.2) is 0 Å². The molecule has 0 spiro atoms. The third-order valence-corrected chi connectivity index (χ3v) is 10.9. The standard InChI is InChI=1S/C63H100O5/c1-4-7-10-13-16-19-22-25-27-29-31-33-35-37-40-43-46-49-52-55-58-66-59-61(68-63(65)57-54-51-48-45-42-38-24-21-18-15-12-9-6-3)60-67-62(64)56-53-50-47-44-41-39-36-34-32-30-28-26-23-20-17-14-11-8-5-2/h7-8,10-11,16-17,19-21,24-28,31-34,37,39-41,47,50,61H,4-6,9,12-15,18,22-23,29-30,35-36,38,42-46,48-49,51-60H2,1-3H3/b10-7-,11-8-,19-16-,20-17-,24-21-,27-25-,28-26-,33-31-,34-32-,40-37-,41-39-,50-47-. The van der Waals surface area contributed by atoms with Gasteiger partial charge in [-0.1, -0.05) is 218 Å². The van der Waals surface area contributed by atoms with E-state index in [0.717, 1.165) is 128 Å². The van der Waals surface area contributed by atoms with Gasteiger partial charge in [0, 0.05) is 19.4 Å². The minimum atomic E-state index is -0.596. The molecule has 0 aliphatic heterocycles. The molecule has 0 N–H and O–H groups in total. The highest BCUT2D eigenvalue weighted by atomic mass is 16.6.